The molecule has 1 heterocycles. The lowest BCUT2D eigenvalue weighted by Crippen LogP contribution is -2.37. The van der Waals surface area contributed by atoms with E-state index in [9.17, 15) is 14.7 Å². The molecule has 2 aliphatic rings. The van der Waals surface area contributed by atoms with Gasteiger partial charge in [0.15, 0.2) is 0 Å². The number of amides is 2. The van der Waals surface area contributed by atoms with Crippen LogP contribution in [0, 0.1) is 17.8 Å². The molecule has 4 unspecified atom stereocenters. The molecule has 2 amide bonds. The van der Waals surface area contributed by atoms with Crippen molar-refractivity contribution in [2.75, 3.05) is 6.54 Å². The van der Waals surface area contributed by atoms with Gasteiger partial charge in [-0.1, -0.05) is 20.3 Å². The van der Waals surface area contributed by atoms with Crippen LogP contribution in [-0.4, -0.2) is 34.5 Å². The normalized spacial score (nSPS) is 39.8. The van der Waals surface area contributed by atoms with E-state index in [1.807, 2.05) is 0 Å². The third-order valence-corrected chi connectivity index (χ3v) is 4.10. The van der Waals surface area contributed by atoms with Crippen molar-refractivity contribution in [2.45, 2.75) is 39.2 Å². The molecule has 0 aromatic carbocycles. The van der Waals surface area contributed by atoms with Crippen LogP contribution in [-0.2, 0) is 9.59 Å². The molecule has 4 atom stereocenters. The summed E-state index contributed by atoms with van der Waals surface area (Å²) in [5.41, 5.74) is 0. The van der Waals surface area contributed by atoms with Gasteiger partial charge in [0.05, 0.1) is 6.10 Å². The van der Waals surface area contributed by atoms with E-state index in [1.54, 1.807) is 13.8 Å². The van der Waals surface area contributed by atoms with E-state index in [1.165, 1.54) is 4.90 Å². The number of likely N-dealkylation sites (tertiary alicyclic amines) is 1. The van der Waals surface area contributed by atoms with Crippen molar-refractivity contribution in [1.82, 2.24) is 4.90 Å². The maximum Gasteiger partial charge on any atom is 0.232 e. The first-order valence-electron chi connectivity index (χ1n) is 6.05. The van der Waals surface area contributed by atoms with Gasteiger partial charge < -0.3 is 5.11 Å². The van der Waals surface area contributed by atoms with Crippen LogP contribution in [0.4, 0.5) is 0 Å². The zero-order chi connectivity index (χ0) is 11.9. The molecule has 2 rings (SSSR count). The number of imide groups is 1. The van der Waals surface area contributed by atoms with E-state index in [0.717, 1.165) is 19.3 Å². The summed E-state index contributed by atoms with van der Waals surface area (Å²) in [7, 11) is 0. The number of nitrogens with zero attached hydrogens (tertiary/aromatic N) is 1. The van der Waals surface area contributed by atoms with Gasteiger partial charge in [0, 0.05) is 24.3 Å². The molecule has 0 aromatic rings. The summed E-state index contributed by atoms with van der Waals surface area (Å²) in [6.45, 7) is 4.01. The van der Waals surface area contributed by atoms with Gasteiger partial charge in [-0.3, -0.25) is 14.5 Å². The van der Waals surface area contributed by atoms with Crippen molar-refractivity contribution in [3.05, 3.63) is 0 Å². The van der Waals surface area contributed by atoms with Gasteiger partial charge in [-0.2, -0.15) is 0 Å². The van der Waals surface area contributed by atoms with Crippen LogP contribution in [0.2, 0.25) is 0 Å². The molecule has 0 spiro atoms. The van der Waals surface area contributed by atoms with E-state index in [0.29, 0.717) is 6.54 Å². The number of hydrogen-bond donors (Lipinski definition) is 1. The number of hydrogen-bond acceptors (Lipinski definition) is 3. The number of rotatable bonds is 2. The van der Waals surface area contributed by atoms with Crippen LogP contribution in [0.3, 0.4) is 0 Å². The van der Waals surface area contributed by atoms with Gasteiger partial charge in [-0.15, -0.1) is 0 Å². The standard InChI is InChI=1S/C12H19NO3/c1-7-8(2)12(16)13(11(7)15)6-9-4-3-5-10(9)14/h7-10,14H,3-6H2,1-2H3. The Balaban J connectivity index is 2.05. The highest BCUT2D eigenvalue weighted by molar-refractivity contribution is 6.04. The third kappa shape index (κ3) is 1.75. The monoisotopic (exact) mass is 225 g/mol. The molecule has 0 bridgehead atoms. The topological polar surface area (TPSA) is 57.6 Å². The Morgan fingerprint density at radius 2 is 1.75 bits per heavy atom. The lowest BCUT2D eigenvalue weighted by atomic mass is 10.00. The molecular weight excluding hydrogens is 206 g/mol. The van der Waals surface area contributed by atoms with E-state index < -0.39 is 0 Å². The van der Waals surface area contributed by atoms with Crippen molar-refractivity contribution in [3.8, 4) is 0 Å². The average Bonchev–Trinajstić information content (AvgIpc) is 2.73. The predicted molar refractivity (Wildman–Crippen MR) is 58.4 cm³/mol. The number of aliphatic hydroxyl groups excluding tert-OH is 1. The smallest absolute Gasteiger partial charge is 0.232 e. The van der Waals surface area contributed by atoms with Gasteiger partial charge in [-0.25, -0.2) is 0 Å². The Kier molecular flexibility index (Phi) is 3.02. The molecule has 1 saturated carbocycles. The number of carbonyl (C=O) groups excluding carboxylic acids is 2. The van der Waals surface area contributed by atoms with Crippen molar-refractivity contribution >= 4 is 11.8 Å². The first-order valence-corrected chi connectivity index (χ1v) is 6.05. The molecule has 2 fully saturated rings. The molecule has 4 nitrogen and oxygen atoms in total. The molecule has 0 radical (unpaired) electrons. The molecule has 0 aromatic heterocycles. The highest BCUT2D eigenvalue weighted by Crippen LogP contribution is 2.31. The van der Waals surface area contributed by atoms with Gasteiger partial charge in [0.2, 0.25) is 11.8 Å². The van der Waals surface area contributed by atoms with Crippen LogP contribution < -0.4 is 0 Å². The minimum absolute atomic E-state index is 0.0726. The molecule has 16 heavy (non-hydrogen) atoms. The Hall–Kier alpha value is -0.900. The molecule has 4 heteroatoms. The van der Waals surface area contributed by atoms with Gasteiger partial charge in [0.1, 0.15) is 0 Å². The Morgan fingerprint density at radius 1 is 1.19 bits per heavy atom. The maximum atomic E-state index is 11.8. The largest absolute Gasteiger partial charge is 0.393 e. The van der Waals surface area contributed by atoms with Crippen LogP contribution in [0.25, 0.3) is 0 Å². The average molecular weight is 225 g/mol. The number of carbonyl (C=O) groups is 2. The van der Waals surface area contributed by atoms with Crippen LogP contribution >= 0.6 is 0 Å². The van der Waals surface area contributed by atoms with Crippen molar-refractivity contribution < 1.29 is 14.7 Å². The first-order chi connectivity index (χ1) is 7.52. The summed E-state index contributed by atoms with van der Waals surface area (Å²) in [5.74, 6) is -0.462. The summed E-state index contributed by atoms with van der Waals surface area (Å²) >= 11 is 0. The lowest BCUT2D eigenvalue weighted by Gasteiger charge is -2.21. The highest BCUT2D eigenvalue weighted by Gasteiger charge is 2.43. The fraction of sp³-hybridized carbons (Fsp3) is 0.833. The second-order valence-electron chi connectivity index (χ2n) is 5.12. The summed E-state index contributed by atoms with van der Waals surface area (Å²) in [6.07, 6.45) is 2.37. The van der Waals surface area contributed by atoms with Crippen LogP contribution in [0.15, 0.2) is 0 Å². The molecule has 90 valence electrons. The highest BCUT2D eigenvalue weighted by atomic mass is 16.3. The summed E-state index contributed by atoms with van der Waals surface area (Å²) in [4.78, 5) is 25.0. The second kappa shape index (κ2) is 4.17. The zero-order valence-corrected chi connectivity index (χ0v) is 9.85. The van der Waals surface area contributed by atoms with E-state index in [2.05, 4.69) is 0 Å². The van der Waals surface area contributed by atoms with Crippen LogP contribution in [0.5, 0.6) is 0 Å². The first kappa shape index (κ1) is 11.6. The zero-order valence-electron chi connectivity index (χ0n) is 9.85. The van der Waals surface area contributed by atoms with Crippen molar-refractivity contribution in [3.63, 3.8) is 0 Å². The van der Waals surface area contributed by atoms with Gasteiger partial charge in [0.25, 0.3) is 0 Å². The van der Waals surface area contributed by atoms with Crippen molar-refractivity contribution in [2.24, 2.45) is 17.8 Å². The fourth-order valence-corrected chi connectivity index (χ4v) is 2.67. The SMILES string of the molecule is CC1C(=O)N(CC2CCCC2O)C(=O)C1C. The fourth-order valence-electron chi connectivity index (χ4n) is 2.67. The van der Waals surface area contributed by atoms with Gasteiger partial charge >= 0.3 is 0 Å². The van der Waals surface area contributed by atoms with E-state index in [4.69, 9.17) is 0 Å². The maximum absolute atomic E-state index is 11.8. The minimum atomic E-state index is -0.341. The Bertz CT molecular complexity index is 295. The summed E-state index contributed by atoms with van der Waals surface area (Å²) in [6, 6.07) is 0. The Labute approximate surface area is 95.6 Å². The van der Waals surface area contributed by atoms with Crippen LogP contribution in [0.1, 0.15) is 33.1 Å². The molecule has 1 aliphatic carbocycles. The molecular formula is C12H19NO3. The van der Waals surface area contributed by atoms with Gasteiger partial charge in [-0.05, 0) is 12.8 Å². The van der Waals surface area contributed by atoms with E-state index >= 15 is 0 Å². The van der Waals surface area contributed by atoms with Crippen molar-refractivity contribution in [1.29, 1.82) is 0 Å². The second-order valence-corrected chi connectivity index (χ2v) is 5.12. The summed E-state index contributed by atoms with van der Waals surface area (Å²) < 4.78 is 0. The lowest BCUT2D eigenvalue weighted by molar-refractivity contribution is -0.140. The van der Waals surface area contributed by atoms with E-state index in [-0.39, 0.29) is 35.7 Å². The number of aliphatic hydroxyl groups is 1. The third-order valence-electron chi connectivity index (χ3n) is 4.10. The summed E-state index contributed by atoms with van der Waals surface area (Å²) in [5, 5.41) is 9.70. The predicted octanol–water partition coefficient (Wildman–Crippen LogP) is 0.788. The Morgan fingerprint density at radius 3 is 2.19 bits per heavy atom. The molecule has 1 aliphatic heterocycles. The molecule has 1 N–H and O–H groups in total. The quantitative estimate of drug-likeness (QED) is 0.707. The minimum Gasteiger partial charge on any atom is -0.393 e. The molecule has 1 saturated heterocycles.